The predicted molar refractivity (Wildman–Crippen MR) is 85.3 cm³/mol. The number of pyridine rings is 1. The van der Waals surface area contributed by atoms with E-state index in [2.05, 4.69) is 25.4 Å². The molecule has 2 N–H and O–H groups in total. The van der Waals surface area contributed by atoms with Crippen LogP contribution in [0, 0.1) is 12.8 Å². The van der Waals surface area contributed by atoms with Crippen molar-refractivity contribution in [2.45, 2.75) is 59.4 Å². The molecule has 0 saturated carbocycles. The van der Waals surface area contributed by atoms with Crippen molar-refractivity contribution in [1.82, 2.24) is 0 Å². The molecule has 1 aromatic rings. The number of fused-ring (bicyclic) bond motifs is 1. The normalized spacial score (nSPS) is 18.2. The molecule has 0 aromatic carbocycles. The molecule has 2 atom stereocenters. The van der Waals surface area contributed by atoms with Gasteiger partial charge in [0, 0.05) is 6.92 Å². The number of nitrogens with one attached hydrogen (secondary N) is 1. The van der Waals surface area contributed by atoms with Crippen molar-refractivity contribution in [3.05, 3.63) is 35.2 Å². The van der Waals surface area contributed by atoms with Crippen LogP contribution in [0.4, 0.5) is 0 Å². The van der Waals surface area contributed by atoms with Crippen molar-refractivity contribution in [1.29, 1.82) is 0 Å². The molecule has 4 nitrogen and oxygen atoms in total. The summed E-state index contributed by atoms with van der Waals surface area (Å²) in [6.07, 6.45) is 5.88. The summed E-state index contributed by atoms with van der Waals surface area (Å²) in [6.45, 7) is 11.3. The SMILES string of the molecule is C=C(C)CC[C@H](C)CCCOC1OCc2c[nH+]c(C)c(O)c21. The van der Waals surface area contributed by atoms with Crippen LogP contribution in [0.25, 0.3) is 0 Å². The fraction of sp³-hybridized carbons (Fsp3) is 0.611. The highest BCUT2D eigenvalue weighted by atomic mass is 16.7. The molecule has 0 aliphatic carbocycles. The Morgan fingerprint density at radius 2 is 2.32 bits per heavy atom. The van der Waals surface area contributed by atoms with E-state index in [1.165, 1.54) is 12.0 Å². The van der Waals surface area contributed by atoms with Crippen molar-refractivity contribution in [3.63, 3.8) is 0 Å². The van der Waals surface area contributed by atoms with Crippen LogP contribution in [0.15, 0.2) is 18.3 Å². The molecule has 0 amide bonds. The van der Waals surface area contributed by atoms with Crippen molar-refractivity contribution in [3.8, 4) is 5.75 Å². The van der Waals surface area contributed by atoms with Gasteiger partial charge < -0.3 is 14.6 Å². The molecule has 1 aromatic heterocycles. The molecule has 0 radical (unpaired) electrons. The Balaban J connectivity index is 1.76. The van der Waals surface area contributed by atoms with Crippen molar-refractivity contribution >= 4 is 0 Å². The second-order valence-corrected chi connectivity index (χ2v) is 6.46. The summed E-state index contributed by atoms with van der Waals surface area (Å²) in [5.41, 5.74) is 3.75. The molecule has 2 heterocycles. The number of hydrogen-bond acceptors (Lipinski definition) is 3. The topological polar surface area (TPSA) is 52.8 Å². The van der Waals surface area contributed by atoms with E-state index in [1.54, 1.807) is 0 Å². The molecule has 22 heavy (non-hydrogen) atoms. The quantitative estimate of drug-likeness (QED) is 0.586. The number of aromatic amines is 1. The second kappa shape index (κ2) is 7.75. The number of aromatic nitrogens is 1. The Bertz CT molecular complexity index is 527. The third-order valence-corrected chi connectivity index (χ3v) is 4.22. The smallest absolute Gasteiger partial charge is 0.219 e. The summed E-state index contributed by atoms with van der Waals surface area (Å²) in [5.74, 6) is 0.942. The first kappa shape index (κ1) is 17.0. The summed E-state index contributed by atoms with van der Waals surface area (Å²) in [5, 5.41) is 10.2. The maximum Gasteiger partial charge on any atom is 0.219 e. The van der Waals surface area contributed by atoms with Gasteiger partial charge in [-0.25, -0.2) is 4.98 Å². The van der Waals surface area contributed by atoms with Crippen LogP contribution < -0.4 is 4.98 Å². The van der Waals surface area contributed by atoms with Crippen LogP contribution in [0.3, 0.4) is 0 Å². The molecule has 0 spiro atoms. The summed E-state index contributed by atoms with van der Waals surface area (Å²) >= 11 is 0. The summed E-state index contributed by atoms with van der Waals surface area (Å²) in [4.78, 5) is 3.03. The first-order valence-corrected chi connectivity index (χ1v) is 8.09. The number of aryl methyl sites for hydroxylation is 1. The van der Waals surface area contributed by atoms with Gasteiger partial charge in [-0.15, -0.1) is 6.58 Å². The third kappa shape index (κ3) is 4.31. The van der Waals surface area contributed by atoms with Gasteiger partial charge in [0.15, 0.2) is 18.2 Å². The van der Waals surface area contributed by atoms with Gasteiger partial charge in [-0.2, -0.15) is 0 Å². The average Bonchev–Trinajstić information content (AvgIpc) is 2.89. The van der Waals surface area contributed by atoms with E-state index in [9.17, 15) is 5.11 Å². The van der Waals surface area contributed by atoms with E-state index >= 15 is 0 Å². The predicted octanol–water partition coefficient (Wildman–Crippen LogP) is 3.83. The Hall–Kier alpha value is -1.39. The highest BCUT2D eigenvalue weighted by Crippen LogP contribution is 2.37. The number of hydrogen-bond donors (Lipinski definition) is 1. The lowest BCUT2D eigenvalue weighted by Gasteiger charge is -2.15. The monoisotopic (exact) mass is 306 g/mol. The molecule has 2 rings (SSSR count). The summed E-state index contributed by atoms with van der Waals surface area (Å²) in [7, 11) is 0. The first-order valence-electron chi connectivity index (χ1n) is 8.09. The van der Waals surface area contributed by atoms with Crippen molar-refractivity contribution in [2.75, 3.05) is 6.61 Å². The minimum atomic E-state index is -0.436. The number of H-pyrrole nitrogens is 1. The molecule has 1 unspecified atom stereocenters. The van der Waals surface area contributed by atoms with E-state index in [4.69, 9.17) is 9.47 Å². The molecule has 0 bridgehead atoms. The minimum absolute atomic E-state index is 0.259. The van der Waals surface area contributed by atoms with Gasteiger partial charge in [-0.3, -0.25) is 0 Å². The second-order valence-electron chi connectivity index (χ2n) is 6.46. The zero-order valence-electron chi connectivity index (χ0n) is 13.9. The Labute approximate surface area is 133 Å². The van der Waals surface area contributed by atoms with Crippen LogP contribution in [-0.2, 0) is 16.1 Å². The maximum absolute atomic E-state index is 10.2. The van der Waals surface area contributed by atoms with Crippen molar-refractivity contribution in [2.24, 2.45) is 5.92 Å². The van der Waals surface area contributed by atoms with Gasteiger partial charge in [0.25, 0.3) is 0 Å². The van der Waals surface area contributed by atoms with Gasteiger partial charge in [-0.05, 0) is 38.5 Å². The molecular weight excluding hydrogens is 278 g/mol. The molecule has 0 saturated heterocycles. The fourth-order valence-corrected chi connectivity index (χ4v) is 2.72. The first-order chi connectivity index (χ1) is 10.5. The lowest BCUT2D eigenvalue weighted by atomic mass is 9.98. The molecule has 1 aliphatic rings. The molecule has 0 fully saturated rings. The Morgan fingerprint density at radius 1 is 1.55 bits per heavy atom. The summed E-state index contributed by atoms with van der Waals surface area (Å²) in [6, 6.07) is 0. The van der Waals surface area contributed by atoms with Crippen LogP contribution in [0.5, 0.6) is 5.75 Å². The van der Waals surface area contributed by atoms with Crippen LogP contribution in [0.2, 0.25) is 0 Å². The molecular formula is C18H28NO3+. The highest BCUT2D eigenvalue weighted by molar-refractivity contribution is 5.40. The van der Waals surface area contributed by atoms with Gasteiger partial charge in [0.05, 0.1) is 24.3 Å². The van der Waals surface area contributed by atoms with Gasteiger partial charge in [-0.1, -0.05) is 12.5 Å². The van der Waals surface area contributed by atoms with Crippen LogP contribution in [0.1, 0.15) is 62.6 Å². The number of allylic oxidation sites excluding steroid dienone is 1. The largest absolute Gasteiger partial charge is 0.502 e. The third-order valence-electron chi connectivity index (χ3n) is 4.22. The van der Waals surface area contributed by atoms with E-state index in [0.29, 0.717) is 19.1 Å². The van der Waals surface area contributed by atoms with Crippen LogP contribution >= 0.6 is 0 Å². The summed E-state index contributed by atoms with van der Waals surface area (Å²) < 4.78 is 11.5. The molecule has 4 heteroatoms. The zero-order valence-corrected chi connectivity index (χ0v) is 13.9. The minimum Gasteiger partial charge on any atom is -0.502 e. The Kier molecular flexibility index (Phi) is 5.98. The Morgan fingerprint density at radius 3 is 3.05 bits per heavy atom. The molecule has 1 aliphatic heterocycles. The lowest BCUT2D eigenvalue weighted by Crippen LogP contribution is -2.11. The lowest BCUT2D eigenvalue weighted by molar-refractivity contribution is -0.389. The standard InChI is InChI=1S/C18H27NO3/c1-12(2)7-8-13(3)6-5-9-21-18-16-15(11-22-18)10-19-14(4)17(16)20/h10,13,18,20H,1,5-9,11H2,2-4H3/p+1/t13-,18?/m1/s1. The van der Waals surface area contributed by atoms with E-state index < -0.39 is 6.29 Å². The fourth-order valence-electron chi connectivity index (χ4n) is 2.72. The number of rotatable bonds is 8. The average molecular weight is 306 g/mol. The van der Waals surface area contributed by atoms with Gasteiger partial charge in [0.1, 0.15) is 0 Å². The van der Waals surface area contributed by atoms with E-state index in [1.807, 2.05) is 13.1 Å². The number of aromatic hydroxyl groups is 1. The van der Waals surface area contributed by atoms with E-state index in [-0.39, 0.29) is 5.75 Å². The van der Waals surface area contributed by atoms with Crippen molar-refractivity contribution < 1.29 is 19.6 Å². The van der Waals surface area contributed by atoms with Crippen LogP contribution in [-0.4, -0.2) is 11.7 Å². The number of ether oxygens (including phenoxy) is 2. The van der Waals surface area contributed by atoms with E-state index in [0.717, 1.165) is 36.1 Å². The van der Waals surface area contributed by atoms with Gasteiger partial charge >= 0.3 is 0 Å². The highest BCUT2D eigenvalue weighted by Gasteiger charge is 2.31. The zero-order chi connectivity index (χ0) is 16.1. The molecule has 122 valence electrons. The maximum atomic E-state index is 10.2. The van der Waals surface area contributed by atoms with Gasteiger partial charge in [0.2, 0.25) is 5.69 Å².